The van der Waals surface area contributed by atoms with Crippen molar-refractivity contribution in [2.75, 3.05) is 13.2 Å². The van der Waals surface area contributed by atoms with Gasteiger partial charge in [-0.05, 0) is 25.5 Å². The quantitative estimate of drug-likeness (QED) is 0.769. The smallest absolute Gasteiger partial charge is 0.261 e. The summed E-state index contributed by atoms with van der Waals surface area (Å²) in [6, 6.07) is 3.86. The first-order valence-corrected chi connectivity index (χ1v) is 5.59. The molecule has 0 fully saturated rings. The van der Waals surface area contributed by atoms with Crippen LogP contribution in [-0.2, 0) is 4.74 Å². The molecule has 2 N–H and O–H groups in total. The van der Waals surface area contributed by atoms with Crippen LogP contribution < -0.4 is 5.73 Å². The fraction of sp³-hybridized carbons (Fsp3) is 0.600. The van der Waals surface area contributed by atoms with Gasteiger partial charge in [-0.2, -0.15) is 0 Å². The number of hydrogen-bond acceptors (Lipinski definition) is 3. The first kappa shape index (κ1) is 12.5. The van der Waals surface area contributed by atoms with E-state index in [4.69, 9.17) is 10.5 Å². The van der Waals surface area contributed by atoms with E-state index in [2.05, 4.69) is 0 Å². The molecule has 1 aromatic heterocycles. The third kappa shape index (κ3) is 4.68. The summed E-state index contributed by atoms with van der Waals surface area (Å²) in [5, 5.41) is 0. The normalized spacial score (nSPS) is 13.4. The fourth-order valence-electron chi connectivity index (χ4n) is 1.18. The van der Waals surface area contributed by atoms with E-state index >= 15 is 0 Å². The summed E-state index contributed by atoms with van der Waals surface area (Å²) in [7, 11) is 0. The topological polar surface area (TPSA) is 35.2 Å². The molecule has 15 heavy (non-hydrogen) atoms. The Morgan fingerprint density at radius 2 is 2.20 bits per heavy atom. The van der Waals surface area contributed by atoms with Crippen molar-refractivity contribution in [1.29, 1.82) is 0 Å². The minimum absolute atomic E-state index is 0.110. The van der Waals surface area contributed by atoms with E-state index in [1.165, 1.54) is 4.88 Å². The van der Waals surface area contributed by atoms with E-state index < -0.39 is 13.0 Å². The first-order valence-electron chi connectivity index (χ1n) is 4.77. The maximum absolute atomic E-state index is 11.7. The Balaban J connectivity index is 2.21. The van der Waals surface area contributed by atoms with Crippen molar-refractivity contribution in [3.05, 3.63) is 21.9 Å². The lowest BCUT2D eigenvalue weighted by Gasteiger charge is -2.09. The van der Waals surface area contributed by atoms with Crippen LogP contribution in [0.15, 0.2) is 12.1 Å². The van der Waals surface area contributed by atoms with Crippen LogP contribution in [0.2, 0.25) is 0 Å². The van der Waals surface area contributed by atoms with Gasteiger partial charge in [-0.1, -0.05) is 0 Å². The van der Waals surface area contributed by atoms with Crippen molar-refractivity contribution in [2.24, 2.45) is 5.73 Å². The van der Waals surface area contributed by atoms with Gasteiger partial charge in [0.25, 0.3) is 6.43 Å². The number of nitrogens with two attached hydrogens (primary N) is 1. The molecule has 1 rings (SSSR count). The second-order valence-electron chi connectivity index (χ2n) is 3.31. The Morgan fingerprint density at radius 3 is 2.73 bits per heavy atom. The van der Waals surface area contributed by atoms with Crippen LogP contribution in [0.3, 0.4) is 0 Å². The third-order valence-corrected chi connectivity index (χ3v) is 3.08. The molecule has 0 aliphatic carbocycles. The largest absolute Gasteiger partial charge is 0.375 e. The van der Waals surface area contributed by atoms with Gasteiger partial charge in [0.2, 0.25) is 0 Å². The molecule has 0 amide bonds. The molecule has 5 heteroatoms. The number of ether oxygens (including phenoxy) is 1. The molecule has 0 saturated carbocycles. The Morgan fingerprint density at radius 1 is 1.47 bits per heavy atom. The molecular weight excluding hydrogens is 220 g/mol. The van der Waals surface area contributed by atoms with Crippen molar-refractivity contribution in [2.45, 2.75) is 25.8 Å². The summed E-state index contributed by atoms with van der Waals surface area (Å²) in [5.41, 5.74) is 5.87. The Bertz CT molecular complexity index is 291. The van der Waals surface area contributed by atoms with Gasteiger partial charge in [0.15, 0.2) is 0 Å². The highest BCUT2D eigenvalue weighted by Gasteiger charge is 2.08. The average Bonchev–Trinajstić information content (AvgIpc) is 2.59. The zero-order chi connectivity index (χ0) is 11.3. The summed E-state index contributed by atoms with van der Waals surface area (Å²) in [5.74, 6) is 0. The fourth-order valence-corrected chi connectivity index (χ4v) is 2.09. The summed E-state index contributed by atoms with van der Waals surface area (Å²) in [6.07, 6.45) is -1.82. The Kier molecular flexibility index (Phi) is 5.14. The number of halogens is 2. The standard InChI is InChI=1S/C10H15F2NOS/c1-7-2-3-9(15-7)8(13)4-5-14-6-10(11)12/h2-3,8,10H,4-6,13H2,1H3. The third-order valence-electron chi connectivity index (χ3n) is 1.94. The Labute approximate surface area is 92.0 Å². The second-order valence-corrected chi connectivity index (χ2v) is 4.63. The number of thiophene rings is 1. The molecule has 0 aliphatic heterocycles. The van der Waals surface area contributed by atoms with Crippen LogP contribution in [0.25, 0.3) is 0 Å². The lowest BCUT2D eigenvalue weighted by molar-refractivity contribution is 0.0153. The summed E-state index contributed by atoms with van der Waals surface area (Å²) >= 11 is 1.63. The molecule has 0 spiro atoms. The number of aryl methyl sites for hydroxylation is 1. The average molecular weight is 235 g/mol. The minimum Gasteiger partial charge on any atom is -0.375 e. The number of alkyl halides is 2. The monoisotopic (exact) mass is 235 g/mol. The summed E-state index contributed by atoms with van der Waals surface area (Å²) in [4.78, 5) is 2.28. The van der Waals surface area contributed by atoms with Gasteiger partial charge in [-0.25, -0.2) is 8.78 Å². The van der Waals surface area contributed by atoms with Gasteiger partial charge < -0.3 is 10.5 Å². The highest BCUT2D eigenvalue weighted by Crippen LogP contribution is 2.23. The summed E-state index contributed by atoms with van der Waals surface area (Å²) in [6.45, 7) is 1.78. The molecule has 0 aliphatic rings. The van der Waals surface area contributed by atoms with Gasteiger partial charge in [-0.15, -0.1) is 11.3 Å². The molecule has 2 nitrogen and oxygen atoms in total. The predicted octanol–water partition coefficient (Wildman–Crippen LogP) is 2.73. The molecule has 1 aromatic rings. The lowest BCUT2D eigenvalue weighted by Crippen LogP contribution is -2.13. The summed E-state index contributed by atoms with van der Waals surface area (Å²) < 4.78 is 28.2. The molecule has 0 aromatic carbocycles. The van der Waals surface area contributed by atoms with Crippen molar-refractivity contribution in [1.82, 2.24) is 0 Å². The van der Waals surface area contributed by atoms with Crippen molar-refractivity contribution >= 4 is 11.3 Å². The predicted molar refractivity (Wildman–Crippen MR) is 57.4 cm³/mol. The Hall–Kier alpha value is -0.520. The van der Waals surface area contributed by atoms with Gasteiger partial charge in [0.1, 0.15) is 6.61 Å². The maximum Gasteiger partial charge on any atom is 0.261 e. The van der Waals surface area contributed by atoms with E-state index in [9.17, 15) is 8.78 Å². The first-order chi connectivity index (χ1) is 7.09. The molecular formula is C10H15F2NOS. The van der Waals surface area contributed by atoms with E-state index in [-0.39, 0.29) is 12.6 Å². The van der Waals surface area contributed by atoms with E-state index in [0.29, 0.717) is 6.42 Å². The van der Waals surface area contributed by atoms with E-state index in [1.807, 2.05) is 19.1 Å². The number of rotatable bonds is 6. The molecule has 1 atom stereocenters. The second kappa shape index (κ2) is 6.15. The van der Waals surface area contributed by atoms with Gasteiger partial charge >= 0.3 is 0 Å². The molecule has 86 valence electrons. The van der Waals surface area contributed by atoms with Crippen molar-refractivity contribution in [3.63, 3.8) is 0 Å². The maximum atomic E-state index is 11.7. The van der Waals surface area contributed by atoms with Crippen LogP contribution in [0.4, 0.5) is 8.78 Å². The SMILES string of the molecule is Cc1ccc(C(N)CCOCC(F)F)s1. The zero-order valence-electron chi connectivity index (χ0n) is 8.58. The van der Waals surface area contributed by atoms with Crippen molar-refractivity contribution < 1.29 is 13.5 Å². The molecule has 1 unspecified atom stereocenters. The highest BCUT2D eigenvalue weighted by atomic mass is 32.1. The minimum atomic E-state index is -2.40. The zero-order valence-corrected chi connectivity index (χ0v) is 9.40. The molecule has 0 bridgehead atoms. The van der Waals surface area contributed by atoms with Crippen LogP contribution in [0, 0.1) is 6.92 Å². The van der Waals surface area contributed by atoms with Gasteiger partial charge in [0, 0.05) is 22.4 Å². The molecule has 1 heterocycles. The van der Waals surface area contributed by atoms with Gasteiger partial charge in [-0.3, -0.25) is 0 Å². The van der Waals surface area contributed by atoms with Crippen LogP contribution in [0.5, 0.6) is 0 Å². The van der Waals surface area contributed by atoms with Crippen LogP contribution in [0.1, 0.15) is 22.2 Å². The van der Waals surface area contributed by atoms with Gasteiger partial charge in [0.05, 0.1) is 0 Å². The number of hydrogen-bond donors (Lipinski definition) is 1. The molecule has 0 saturated heterocycles. The van der Waals surface area contributed by atoms with Crippen molar-refractivity contribution in [3.8, 4) is 0 Å². The van der Waals surface area contributed by atoms with E-state index in [0.717, 1.165) is 4.88 Å². The van der Waals surface area contributed by atoms with Crippen LogP contribution >= 0.6 is 11.3 Å². The lowest BCUT2D eigenvalue weighted by atomic mass is 10.2. The molecule has 0 radical (unpaired) electrons. The van der Waals surface area contributed by atoms with E-state index in [1.54, 1.807) is 11.3 Å². The van der Waals surface area contributed by atoms with Crippen LogP contribution in [-0.4, -0.2) is 19.6 Å². The highest BCUT2D eigenvalue weighted by molar-refractivity contribution is 7.12.